The van der Waals surface area contributed by atoms with Crippen LogP contribution in [0.3, 0.4) is 0 Å². The highest BCUT2D eigenvalue weighted by Gasteiger charge is 2.30. The second kappa shape index (κ2) is 7.89. The number of carbonyl (C=O) groups excluding carboxylic acids is 1. The standard InChI is InChI=1S/C19H20ClN5O2S/c1-10-5-15(25-19(28)24-10)18(26)23-9-13-7-11-6-12(20)8-14(16(11)27-13)17-21-3-2-4-22-17/h2-4,6,8,10,13,15H,5,7,9H2,1H3,(H,23,26)(H2,24,25,28)/t10-,13+,15+/m1/s1. The van der Waals surface area contributed by atoms with E-state index in [-0.39, 0.29) is 24.1 Å². The number of ether oxygens (including phenoxy) is 1. The van der Waals surface area contributed by atoms with Gasteiger partial charge < -0.3 is 20.7 Å². The van der Waals surface area contributed by atoms with Crippen LogP contribution in [0.4, 0.5) is 0 Å². The topological polar surface area (TPSA) is 88.2 Å². The summed E-state index contributed by atoms with van der Waals surface area (Å²) in [5, 5.41) is 10.2. The van der Waals surface area contributed by atoms with E-state index in [4.69, 9.17) is 28.6 Å². The maximum absolute atomic E-state index is 12.5. The molecule has 7 nitrogen and oxygen atoms in total. The number of nitrogens with zero attached hydrogens (tertiary/aromatic N) is 2. The van der Waals surface area contributed by atoms with Crippen LogP contribution in [0.1, 0.15) is 18.9 Å². The Morgan fingerprint density at radius 2 is 2.14 bits per heavy atom. The van der Waals surface area contributed by atoms with Gasteiger partial charge in [-0.05, 0) is 43.8 Å². The average molecular weight is 418 g/mol. The van der Waals surface area contributed by atoms with Crippen LogP contribution in [0.25, 0.3) is 11.4 Å². The molecule has 0 aliphatic carbocycles. The van der Waals surface area contributed by atoms with E-state index in [1.165, 1.54) is 0 Å². The monoisotopic (exact) mass is 417 g/mol. The van der Waals surface area contributed by atoms with Crippen molar-refractivity contribution in [1.82, 2.24) is 25.9 Å². The zero-order chi connectivity index (χ0) is 19.7. The van der Waals surface area contributed by atoms with Crippen molar-refractivity contribution in [2.75, 3.05) is 6.54 Å². The molecule has 0 unspecified atom stereocenters. The Labute approximate surface area is 173 Å². The van der Waals surface area contributed by atoms with Crippen molar-refractivity contribution in [2.45, 2.75) is 38.0 Å². The molecule has 28 heavy (non-hydrogen) atoms. The first kappa shape index (κ1) is 18.9. The normalized spacial score (nSPS) is 23.2. The van der Waals surface area contributed by atoms with Crippen molar-refractivity contribution < 1.29 is 9.53 Å². The molecule has 2 aliphatic heterocycles. The van der Waals surface area contributed by atoms with Gasteiger partial charge in [-0.2, -0.15) is 0 Å². The highest BCUT2D eigenvalue weighted by molar-refractivity contribution is 7.80. The average Bonchev–Trinajstić information content (AvgIpc) is 3.08. The summed E-state index contributed by atoms with van der Waals surface area (Å²) >= 11 is 11.4. The number of nitrogens with one attached hydrogen (secondary N) is 3. The molecule has 9 heteroatoms. The Morgan fingerprint density at radius 1 is 1.36 bits per heavy atom. The molecule has 1 amide bonds. The fourth-order valence-corrected chi connectivity index (χ4v) is 4.10. The van der Waals surface area contributed by atoms with Gasteiger partial charge in [0.2, 0.25) is 5.91 Å². The molecule has 0 radical (unpaired) electrons. The zero-order valence-corrected chi connectivity index (χ0v) is 16.8. The Hall–Kier alpha value is -2.45. The summed E-state index contributed by atoms with van der Waals surface area (Å²) in [6.07, 6.45) is 4.51. The highest BCUT2D eigenvalue weighted by Crippen LogP contribution is 2.39. The third-order valence-corrected chi connectivity index (χ3v) is 5.22. The lowest BCUT2D eigenvalue weighted by Gasteiger charge is -2.30. The summed E-state index contributed by atoms with van der Waals surface area (Å²) in [6, 6.07) is 5.27. The number of halogens is 1. The maximum Gasteiger partial charge on any atom is 0.242 e. The van der Waals surface area contributed by atoms with Crippen molar-refractivity contribution >= 4 is 34.8 Å². The van der Waals surface area contributed by atoms with Gasteiger partial charge in [0, 0.05) is 35.4 Å². The third kappa shape index (κ3) is 4.02. The molecule has 146 valence electrons. The number of benzene rings is 1. The molecule has 3 heterocycles. The highest BCUT2D eigenvalue weighted by atomic mass is 35.5. The van der Waals surface area contributed by atoms with Crippen molar-refractivity contribution in [3.63, 3.8) is 0 Å². The molecule has 0 saturated carbocycles. The number of thiocarbonyl (C=S) groups is 1. The summed E-state index contributed by atoms with van der Waals surface area (Å²) in [7, 11) is 0. The first-order chi connectivity index (χ1) is 13.5. The molecule has 1 aromatic heterocycles. The smallest absolute Gasteiger partial charge is 0.242 e. The lowest BCUT2D eigenvalue weighted by atomic mass is 10.0. The second-order valence-electron chi connectivity index (χ2n) is 7.01. The minimum Gasteiger partial charge on any atom is -0.487 e. The molecule has 2 aliphatic rings. The number of fused-ring (bicyclic) bond motifs is 1. The van der Waals surface area contributed by atoms with E-state index in [9.17, 15) is 4.79 Å². The van der Waals surface area contributed by atoms with Crippen LogP contribution in [0.5, 0.6) is 5.75 Å². The summed E-state index contributed by atoms with van der Waals surface area (Å²) in [6.45, 7) is 2.40. The predicted molar refractivity (Wildman–Crippen MR) is 110 cm³/mol. The van der Waals surface area contributed by atoms with E-state index in [0.717, 1.165) is 16.9 Å². The lowest BCUT2D eigenvalue weighted by Crippen LogP contribution is -2.58. The van der Waals surface area contributed by atoms with E-state index < -0.39 is 0 Å². The number of amides is 1. The van der Waals surface area contributed by atoms with Crippen LogP contribution in [-0.4, -0.2) is 45.7 Å². The Kier molecular flexibility index (Phi) is 5.32. The zero-order valence-electron chi connectivity index (χ0n) is 15.2. The number of carbonyl (C=O) groups is 1. The van der Waals surface area contributed by atoms with Crippen LogP contribution in [0, 0.1) is 0 Å². The molecule has 2 aromatic rings. The first-order valence-electron chi connectivity index (χ1n) is 9.11. The van der Waals surface area contributed by atoms with Crippen LogP contribution in [0.2, 0.25) is 5.02 Å². The largest absolute Gasteiger partial charge is 0.487 e. The van der Waals surface area contributed by atoms with E-state index >= 15 is 0 Å². The second-order valence-corrected chi connectivity index (χ2v) is 7.85. The number of hydrogen-bond acceptors (Lipinski definition) is 5. The molecule has 0 bridgehead atoms. The third-order valence-electron chi connectivity index (χ3n) is 4.76. The van der Waals surface area contributed by atoms with Crippen molar-refractivity contribution in [1.29, 1.82) is 0 Å². The van der Waals surface area contributed by atoms with E-state index in [1.54, 1.807) is 24.5 Å². The molecule has 1 aromatic carbocycles. The van der Waals surface area contributed by atoms with Crippen LogP contribution in [-0.2, 0) is 11.2 Å². The fraction of sp³-hybridized carbons (Fsp3) is 0.368. The minimum absolute atomic E-state index is 0.0834. The van der Waals surface area contributed by atoms with Gasteiger partial charge >= 0.3 is 0 Å². The quantitative estimate of drug-likeness (QED) is 0.654. The van der Waals surface area contributed by atoms with Crippen LogP contribution in [0.15, 0.2) is 30.6 Å². The van der Waals surface area contributed by atoms with Crippen molar-refractivity contribution in [2.24, 2.45) is 0 Å². The molecule has 1 saturated heterocycles. The molecule has 3 atom stereocenters. The Morgan fingerprint density at radius 3 is 2.89 bits per heavy atom. The molecular weight excluding hydrogens is 398 g/mol. The minimum atomic E-state index is -0.338. The number of aromatic nitrogens is 2. The summed E-state index contributed by atoms with van der Waals surface area (Å²) in [4.78, 5) is 21.1. The van der Waals surface area contributed by atoms with Gasteiger partial charge in [0.25, 0.3) is 0 Å². The molecular formula is C19H20ClN5O2S. The SMILES string of the molecule is C[C@@H]1C[C@@H](C(=O)NC[C@@H]2Cc3cc(Cl)cc(-c4ncccn4)c3O2)NC(=S)N1. The van der Waals surface area contributed by atoms with E-state index in [0.29, 0.717) is 35.3 Å². The van der Waals surface area contributed by atoms with Crippen molar-refractivity contribution in [3.8, 4) is 17.1 Å². The molecule has 0 spiro atoms. The summed E-state index contributed by atoms with van der Waals surface area (Å²) in [5.41, 5.74) is 1.75. The van der Waals surface area contributed by atoms with Crippen LogP contribution >= 0.6 is 23.8 Å². The molecule has 4 rings (SSSR count). The molecule has 1 fully saturated rings. The summed E-state index contributed by atoms with van der Waals surface area (Å²) in [5.74, 6) is 1.21. The molecule has 3 N–H and O–H groups in total. The maximum atomic E-state index is 12.5. The van der Waals surface area contributed by atoms with Gasteiger partial charge in [-0.3, -0.25) is 4.79 Å². The van der Waals surface area contributed by atoms with E-state index in [1.807, 2.05) is 13.0 Å². The van der Waals surface area contributed by atoms with Gasteiger partial charge in [0.1, 0.15) is 17.9 Å². The number of rotatable bonds is 4. The summed E-state index contributed by atoms with van der Waals surface area (Å²) < 4.78 is 6.12. The van der Waals surface area contributed by atoms with Crippen molar-refractivity contribution in [3.05, 3.63) is 41.2 Å². The Bertz CT molecular complexity index is 911. The van der Waals surface area contributed by atoms with Gasteiger partial charge in [-0.25, -0.2) is 9.97 Å². The van der Waals surface area contributed by atoms with Gasteiger partial charge in [-0.1, -0.05) is 11.6 Å². The van der Waals surface area contributed by atoms with Crippen LogP contribution < -0.4 is 20.7 Å². The fourth-order valence-electron chi connectivity index (χ4n) is 3.52. The first-order valence-corrected chi connectivity index (χ1v) is 9.89. The predicted octanol–water partition coefficient (Wildman–Crippen LogP) is 1.84. The van der Waals surface area contributed by atoms with E-state index in [2.05, 4.69) is 25.9 Å². The van der Waals surface area contributed by atoms with Gasteiger partial charge in [0.05, 0.1) is 12.1 Å². The number of hydrogen-bond donors (Lipinski definition) is 3. The Balaban J connectivity index is 1.43. The van der Waals surface area contributed by atoms with Gasteiger partial charge in [-0.15, -0.1) is 0 Å². The lowest BCUT2D eigenvalue weighted by molar-refractivity contribution is -0.123. The van der Waals surface area contributed by atoms with Gasteiger partial charge in [0.15, 0.2) is 10.9 Å².